The Morgan fingerprint density at radius 3 is 2.32 bits per heavy atom. The van der Waals surface area contributed by atoms with Crippen molar-refractivity contribution in [2.24, 2.45) is 0 Å². The number of ether oxygens (including phenoxy) is 2. The maximum atomic E-state index is 12.4. The van der Waals surface area contributed by atoms with E-state index in [0.717, 1.165) is 49.7 Å². The number of hydrogen-bond acceptors (Lipinski definition) is 6. The van der Waals surface area contributed by atoms with E-state index in [9.17, 15) is 9.59 Å². The molecule has 1 N–H and O–H groups in total. The van der Waals surface area contributed by atoms with E-state index >= 15 is 0 Å². The van der Waals surface area contributed by atoms with Gasteiger partial charge >= 0.3 is 5.97 Å². The van der Waals surface area contributed by atoms with Gasteiger partial charge in [-0.15, -0.1) is 0 Å². The molecule has 0 unspecified atom stereocenters. The summed E-state index contributed by atoms with van der Waals surface area (Å²) in [5.74, 6) is 0.405. The van der Waals surface area contributed by atoms with Crippen LogP contribution in [0.25, 0.3) is 0 Å². The number of aryl methyl sites for hydroxylation is 1. The summed E-state index contributed by atoms with van der Waals surface area (Å²) in [6, 6.07) is 12.9. The quantitative estimate of drug-likeness (QED) is 0.656. The number of piperazine rings is 1. The summed E-state index contributed by atoms with van der Waals surface area (Å²) in [7, 11) is 1.37. The number of benzene rings is 2. The molecule has 1 fully saturated rings. The first-order chi connectivity index (χ1) is 15.0. The first-order valence-electron chi connectivity index (χ1n) is 10.6. The number of carbonyl (C=O) groups excluding carboxylic acids is 2. The van der Waals surface area contributed by atoms with E-state index in [2.05, 4.69) is 15.1 Å². The van der Waals surface area contributed by atoms with E-state index in [1.807, 2.05) is 32.0 Å². The van der Waals surface area contributed by atoms with E-state index in [4.69, 9.17) is 9.47 Å². The molecule has 0 spiro atoms. The molecule has 1 saturated heterocycles. The predicted molar refractivity (Wildman–Crippen MR) is 121 cm³/mol. The number of esters is 1. The van der Waals surface area contributed by atoms with Crippen molar-refractivity contribution in [2.75, 3.05) is 58.3 Å². The third-order valence-electron chi connectivity index (χ3n) is 5.66. The van der Waals surface area contributed by atoms with Gasteiger partial charge in [-0.1, -0.05) is 12.1 Å². The average Bonchev–Trinajstić information content (AvgIpc) is 2.78. The number of hydrogen-bond donors (Lipinski definition) is 1. The molecule has 1 heterocycles. The number of nitrogens with zero attached hydrogens (tertiary/aromatic N) is 2. The lowest BCUT2D eigenvalue weighted by atomic mass is 10.1. The molecule has 2 aromatic rings. The zero-order valence-electron chi connectivity index (χ0n) is 18.5. The van der Waals surface area contributed by atoms with Gasteiger partial charge in [-0.05, 0) is 55.3 Å². The van der Waals surface area contributed by atoms with Crippen LogP contribution in [0, 0.1) is 13.8 Å². The topological polar surface area (TPSA) is 71.1 Å². The van der Waals surface area contributed by atoms with Gasteiger partial charge in [-0.2, -0.15) is 0 Å². The minimum absolute atomic E-state index is 0.0286. The van der Waals surface area contributed by atoms with Gasteiger partial charge in [0.15, 0.2) is 0 Å². The minimum Gasteiger partial charge on any atom is -0.492 e. The van der Waals surface area contributed by atoms with Crippen LogP contribution in [0.15, 0.2) is 42.5 Å². The molecule has 0 atom stereocenters. The van der Waals surface area contributed by atoms with Crippen molar-refractivity contribution in [2.45, 2.75) is 13.8 Å². The molecular formula is C24H31N3O4. The summed E-state index contributed by atoms with van der Waals surface area (Å²) in [4.78, 5) is 28.4. The van der Waals surface area contributed by atoms with Gasteiger partial charge in [0, 0.05) is 38.4 Å². The van der Waals surface area contributed by atoms with Crippen molar-refractivity contribution in [3.8, 4) is 5.75 Å². The SMILES string of the molecule is COC(=O)c1ccc(OCCN2CCN(CC(=O)Nc3cccc(C)c3C)CC2)cc1. The number of anilines is 1. The van der Waals surface area contributed by atoms with Crippen LogP contribution in [-0.4, -0.2) is 74.7 Å². The van der Waals surface area contributed by atoms with Gasteiger partial charge in [0.05, 0.1) is 19.2 Å². The molecule has 1 amide bonds. The Balaban J connectivity index is 1.35. The summed E-state index contributed by atoms with van der Waals surface area (Å²) in [5.41, 5.74) is 3.68. The molecule has 166 valence electrons. The van der Waals surface area contributed by atoms with E-state index < -0.39 is 0 Å². The Bertz CT molecular complexity index is 890. The first kappa shape index (κ1) is 22.8. The van der Waals surface area contributed by atoms with Gasteiger partial charge in [0.25, 0.3) is 0 Å². The summed E-state index contributed by atoms with van der Waals surface area (Å²) in [6.07, 6.45) is 0. The van der Waals surface area contributed by atoms with E-state index in [0.29, 0.717) is 18.7 Å². The number of carbonyl (C=O) groups is 2. The maximum Gasteiger partial charge on any atom is 0.337 e. The second-order valence-electron chi connectivity index (χ2n) is 7.78. The van der Waals surface area contributed by atoms with Gasteiger partial charge in [-0.3, -0.25) is 14.6 Å². The standard InChI is InChI=1S/C24H31N3O4/c1-18-5-4-6-22(19(18)2)25-23(28)17-27-13-11-26(12-14-27)15-16-31-21-9-7-20(8-10-21)24(29)30-3/h4-10H,11-17H2,1-3H3,(H,25,28). The second-order valence-corrected chi connectivity index (χ2v) is 7.78. The van der Waals surface area contributed by atoms with Gasteiger partial charge in [0.1, 0.15) is 12.4 Å². The minimum atomic E-state index is -0.355. The van der Waals surface area contributed by atoms with Crippen LogP contribution in [0.4, 0.5) is 5.69 Å². The van der Waals surface area contributed by atoms with Crippen molar-refractivity contribution >= 4 is 17.6 Å². The highest BCUT2D eigenvalue weighted by atomic mass is 16.5. The summed E-state index contributed by atoms with van der Waals surface area (Å²) >= 11 is 0. The molecule has 1 aliphatic rings. The Labute approximate surface area is 183 Å². The normalized spacial score (nSPS) is 14.8. The van der Waals surface area contributed by atoms with Crippen LogP contribution in [0.3, 0.4) is 0 Å². The molecule has 3 rings (SSSR count). The summed E-state index contributed by atoms with van der Waals surface area (Å²) in [5, 5.41) is 3.03. The van der Waals surface area contributed by atoms with Gasteiger partial charge in [0.2, 0.25) is 5.91 Å². The average molecular weight is 426 g/mol. The fourth-order valence-electron chi connectivity index (χ4n) is 3.55. The fraction of sp³-hybridized carbons (Fsp3) is 0.417. The largest absolute Gasteiger partial charge is 0.492 e. The van der Waals surface area contributed by atoms with Crippen LogP contribution in [0.2, 0.25) is 0 Å². The van der Waals surface area contributed by atoms with Crippen molar-refractivity contribution in [3.63, 3.8) is 0 Å². The van der Waals surface area contributed by atoms with Crippen LogP contribution in [-0.2, 0) is 9.53 Å². The third kappa shape index (κ3) is 6.54. The Morgan fingerprint density at radius 1 is 0.968 bits per heavy atom. The number of rotatable bonds is 8. The van der Waals surface area contributed by atoms with Crippen LogP contribution >= 0.6 is 0 Å². The highest BCUT2D eigenvalue weighted by molar-refractivity contribution is 5.93. The van der Waals surface area contributed by atoms with E-state index in [-0.39, 0.29) is 11.9 Å². The number of methoxy groups -OCH3 is 1. The molecule has 7 nitrogen and oxygen atoms in total. The number of nitrogens with one attached hydrogen (secondary N) is 1. The predicted octanol–water partition coefficient (Wildman–Crippen LogP) is 2.73. The van der Waals surface area contributed by atoms with E-state index in [1.54, 1.807) is 24.3 Å². The fourth-order valence-corrected chi connectivity index (χ4v) is 3.55. The van der Waals surface area contributed by atoms with Gasteiger partial charge < -0.3 is 14.8 Å². The first-order valence-corrected chi connectivity index (χ1v) is 10.6. The summed E-state index contributed by atoms with van der Waals surface area (Å²) < 4.78 is 10.5. The third-order valence-corrected chi connectivity index (χ3v) is 5.66. The molecule has 31 heavy (non-hydrogen) atoms. The zero-order valence-corrected chi connectivity index (χ0v) is 18.5. The highest BCUT2D eigenvalue weighted by Crippen LogP contribution is 2.18. The Morgan fingerprint density at radius 2 is 1.65 bits per heavy atom. The summed E-state index contributed by atoms with van der Waals surface area (Å²) in [6.45, 7) is 9.39. The maximum absolute atomic E-state index is 12.4. The molecular weight excluding hydrogens is 394 g/mol. The smallest absolute Gasteiger partial charge is 0.337 e. The van der Waals surface area contributed by atoms with Crippen molar-refractivity contribution in [1.82, 2.24) is 9.80 Å². The van der Waals surface area contributed by atoms with Crippen LogP contribution in [0.5, 0.6) is 5.75 Å². The Kier molecular flexibility index (Phi) is 8.03. The lowest BCUT2D eigenvalue weighted by molar-refractivity contribution is -0.117. The molecule has 0 radical (unpaired) electrons. The monoisotopic (exact) mass is 425 g/mol. The van der Waals surface area contributed by atoms with Crippen molar-refractivity contribution in [1.29, 1.82) is 0 Å². The lowest BCUT2D eigenvalue weighted by Gasteiger charge is -2.34. The van der Waals surface area contributed by atoms with Crippen LogP contribution in [0.1, 0.15) is 21.5 Å². The Hall–Kier alpha value is -2.90. The van der Waals surface area contributed by atoms with Gasteiger partial charge in [-0.25, -0.2) is 4.79 Å². The lowest BCUT2D eigenvalue weighted by Crippen LogP contribution is -2.49. The van der Waals surface area contributed by atoms with E-state index in [1.165, 1.54) is 12.7 Å². The van der Waals surface area contributed by atoms with Crippen molar-refractivity contribution < 1.29 is 19.1 Å². The highest BCUT2D eigenvalue weighted by Gasteiger charge is 2.19. The molecule has 7 heteroatoms. The molecule has 0 bridgehead atoms. The van der Waals surface area contributed by atoms with Crippen LogP contribution < -0.4 is 10.1 Å². The molecule has 1 aliphatic heterocycles. The molecule has 0 aliphatic carbocycles. The zero-order chi connectivity index (χ0) is 22.2. The van der Waals surface area contributed by atoms with Crippen molar-refractivity contribution in [3.05, 3.63) is 59.2 Å². The second kappa shape index (κ2) is 10.9. The number of amides is 1. The molecule has 0 aromatic heterocycles. The molecule has 0 saturated carbocycles. The molecule has 2 aromatic carbocycles.